The predicted octanol–water partition coefficient (Wildman–Crippen LogP) is 3.01. The van der Waals surface area contributed by atoms with E-state index in [2.05, 4.69) is 10.6 Å². The Morgan fingerprint density at radius 2 is 2.00 bits per heavy atom. The average Bonchev–Trinajstić information content (AvgIpc) is 3.14. The Bertz CT molecular complexity index is 622. The molecule has 0 bridgehead atoms. The molecular weight excluding hydrogens is 336 g/mol. The smallest absolute Gasteiger partial charge is 0.319 e. The monoisotopic (exact) mass is 362 g/mol. The van der Waals surface area contributed by atoms with Gasteiger partial charge in [0.15, 0.2) is 0 Å². The number of anilines is 1. The van der Waals surface area contributed by atoms with Crippen molar-refractivity contribution < 1.29 is 24.2 Å². The third kappa shape index (κ3) is 5.36. The van der Waals surface area contributed by atoms with Crippen molar-refractivity contribution in [3.05, 3.63) is 24.3 Å². The van der Waals surface area contributed by atoms with Gasteiger partial charge in [-0.2, -0.15) is 0 Å². The summed E-state index contributed by atoms with van der Waals surface area (Å²) in [4.78, 5) is 23.1. The molecular formula is C19H26N2O5. The van der Waals surface area contributed by atoms with Crippen LogP contribution in [0.1, 0.15) is 38.5 Å². The Morgan fingerprint density at radius 1 is 1.19 bits per heavy atom. The van der Waals surface area contributed by atoms with E-state index in [1.807, 2.05) is 12.1 Å². The van der Waals surface area contributed by atoms with Crippen molar-refractivity contribution in [2.45, 2.75) is 50.7 Å². The van der Waals surface area contributed by atoms with E-state index in [1.165, 1.54) is 0 Å². The van der Waals surface area contributed by atoms with Crippen molar-refractivity contribution in [3.8, 4) is 5.75 Å². The maximum absolute atomic E-state index is 12.2. The average molecular weight is 362 g/mol. The first kappa shape index (κ1) is 18.5. The molecule has 0 aromatic heterocycles. The summed E-state index contributed by atoms with van der Waals surface area (Å²) < 4.78 is 11.3. The molecule has 1 atom stereocenters. The maximum atomic E-state index is 12.2. The predicted molar refractivity (Wildman–Crippen MR) is 96.4 cm³/mol. The number of ether oxygens (including phenoxy) is 2. The molecule has 1 aliphatic carbocycles. The Morgan fingerprint density at radius 3 is 2.69 bits per heavy atom. The summed E-state index contributed by atoms with van der Waals surface area (Å²) in [7, 11) is 0. The van der Waals surface area contributed by atoms with Crippen LogP contribution in [0.4, 0.5) is 10.5 Å². The fourth-order valence-corrected chi connectivity index (χ4v) is 3.47. The second-order valence-electron chi connectivity index (χ2n) is 6.96. The molecule has 26 heavy (non-hydrogen) atoms. The lowest BCUT2D eigenvalue weighted by molar-refractivity contribution is -0.142. The zero-order valence-electron chi connectivity index (χ0n) is 14.8. The van der Waals surface area contributed by atoms with E-state index in [1.54, 1.807) is 12.1 Å². The third-order valence-electron chi connectivity index (χ3n) is 4.96. The van der Waals surface area contributed by atoms with Crippen LogP contribution in [0.25, 0.3) is 0 Å². The summed E-state index contributed by atoms with van der Waals surface area (Å²) in [5.74, 6) is -0.332. The van der Waals surface area contributed by atoms with Gasteiger partial charge in [-0.05, 0) is 50.7 Å². The molecule has 1 aromatic carbocycles. The maximum Gasteiger partial charge on any atom is 0.319 e. The fourth-order valence-electron chi connectivity index (χ4n) is 3.47. The first-order valence-electron chi connectivity index (χ1n) is 9.25. The van der Waals surface area contributed by atoms with Gasteiger partial charge in [0.25, 0.3) is 0 Å². The summed E-state index contributed by atoms with van der Waals surface area (Å²) >= 11 is 0. The van der Waals surface area contributed by atoms with Gasteiger partial charge in [-0.15, -0.1) is 0 Å². The minimum Gasteiger partial charge on any atom is -0.491 e. The van der Waals surface area contributed by atoms with E-state index < -0.39 is 5.97 Å². The fraction of sp³-hybridized carbons (Fsp3) is 0.579. The Balaban J connectivity index is 1.43. The summed E-state index contributed by atoms with van der Waals surface area (Å²) in [6, 6.07) is 7.02. The number of urea groups is 1. The Labute approximate surface area is 153 Å². The molecule has 7 heteroatoms. The molecule has 1 unspecified atom stereocenters. The zero-order chi connectivity index (χ0) is 18.4. The summed E-state index contributed by atoms with van der Waals surface area (Å²) in [5.41, 5.74) is 0.659. The molecule has 1 heterocycles. The molecule has 2 fully saturated rings. The number of hydrogen-bond donors (Lipinski definition) is 3. The van der Waals surface area contributed by atoms with Crippen molar-refractivity contribution in [1.82, 2.24) is 5.32 Å². The lowest BCUT2D eigenvalue weighted by atomic mass is 9.86. The third-order valence-corrected chi connectivity index (χ3v) is 4.96. The second kappa shape index (κ2) is 8.89. The number of carboxylic acids is 1. The van der Waals surface area contributed by atoms with Crippen LogP contribution < -0.4 is 15.4 Å². The molecule has 1 saturated carbocycles. The van der Waals surface area contributed by atoms with Crippen LogP contribution >= 0.6 is 0 Å². The van der Waals surface area contributed by atoms with Crippen molar-refractivity contribution in [2.24, 2.45) is 5.92 Å². The standard InChI is InChI=1S/C19H26N2O5/c22-18(23)13-6-8-14(9-7-13)20-19(24)21-15-3-1-4-16(11-15)26-12-17-5-2-10-25-17/h1,3-4,11,13-14,17H,2,5-10,12H2,(H,22,23)(H2,20,21,24). The van der Waals surface area contributed by atoms with Gasteiger partial charge in [-0.3, -0.25) is 4.79 Å². The number of hydrogen-bond acceptors (Lipinski definition) is 4. The van der Waals surface area contributed by atoms with Gasteiger partial charge in [-0.25, -0.2) is 4.79 Å². The largest absolute Gasteiger partial charge is 0.491 e. The number of amides is 2. The lowest BCUT2D eigenvalue weighted by Gasteiger charge is -2.26. The van der Waals surface area contributed by atoms with Crippen LogP contribution in [-0.2, 0) is 9.53 Å². The molecule has 0 spiro atoms. The van der Waals surface area contributed by atoms with E-state index in [0.29, 0.717) is 43.7 Å². The normalized spacial score (nSPS) is 25.5. The van der Waals surface area contributed by atoms with Crippen molar-refractivity contribution >= 4 is 17.7 Å². The van der Waals surface area contributed by atoms with Gasteiger partial charge in [0.1, 0.15) is 12.4 Å². The van der Waals surface area contributed by atoms with Gasteiger partial charge < -0.3 is 25.2 Å². The first-order chi connectivity index (χ1) is 12.6. The number of nitrogens with one attached hydrogen (secondary N) is 2. The molecule has 3 rings (SSSR count). The Hall–Kier alpha value is -2.28. The summed E-state index contributed by atoms with van der Waals surface area (Å²) in [6.45, 7) is 1.31. The van der Waals surface area contributed by atoms with Gasteiger partial charge in [-0.1, -0.05) is 6.07 Å². The number of rotatable bonds is 6. The number of benzene rings is 1. The number of aliphatic carboxylic acids is 1. The second-order valence-corrected chi connectivity index (χ2v) is 6.96. The molecule has 142 valence electrons. The van der Waals surface area contributed by atoms with Crippen LogP contribution in [-0.4, -0.2) is 42.5 Å². The van der Waals surface area contributed by atoms with Gasteiger partial charge >= 0.3 is 12.0 Å². The van der Waals surface area contributed by atoms with Crippen molar-refractivity contribution in [3.63, 3.8) is 0 Å². The minimum atomic E-state index is -0.743. The van der Waals surface area contributed by atoms with Gasteiger partial charge in [0.2, 0.25) is 0 Å². The molecule has 1 aromatic rings. The van der Waals surface area contributed by atoms with Crippen LogP contribution in [0.3, 0.4) is 0 Å². The first-order valence-corrected chi connectivity index (χ1v) is 9.25. The highest BCUT2D eigenvalue weighted by molar-refractivity contribution is 5.89. The molecule has 2 amide bonds. The van der Waals surface area contributed by atoms with Crippen molar-refractivity contribution in [2.75, 3.05) is 18.5 Å². The topological polar surface area (TPSA) is 96.9 Å². The molecule has 0 radical (unpaired) electrons. The van der Waals surface area contributed by atoms with Crippen molar-refractivity contribution in [1.29, 1.82) is 0 Å². The van der Waals surface area contributed by atoms with E-state index >= 15 is 0 Å². The van der Waals surface area contributed by atoms with Gasteiger partial charge in [0, 0.05) is 24.4 Å². The molecule has 1 saturated heterocycles. The minimum absolute atomic E-state index is 0.0181. The van der Waals surface area contributed by atoms with E-state index in [9.17, 15) is 9.59 Å². The number of carbonyl (C=O) groups is 2. The molecule has 2 aliphatic rings. The Kier molecular flexibility index (Phi) is 6.33. The molecule has 7 nitrogen and oxygen atoms in total. The van der Waals surface area contributed by atoms with Crippen LogP contribution in [0.2, 0.25) is 0 Å². The van der Waals surface area contributed by atoms with Crippen LogP contribution in [0.15, 0.2) is 24.3 Å². The molecule has 3 N–H and O–H groups in total. The van der Waals surface area contributed by atoms with E-state index in [4.69, 9.17) is 14.6 Å². The summed E-state index contributed by atoms with van der Waals surface area (Å²) in [5, 5.41) is 14.8. The van der Waals surface area contributed by atoms with Crippen LogP contribution in [0, 0.1) is 5.92 Å². The SMILES string of the molecule is O=C(Nc1cccc(OCC2CCCO2)c1)NC1CCC(C(=O)O)CC1. The van der Waals surface area contributed by atoms with E-state index in [0.717, 1.165) is 19.4 Å². The van der Waals surface area contributed by atoms with Crippen LogP contribution in [0.5, 0.6) is 5.75 Å². The highest BCUT2D eigenvalue weighted by atomic mass is 16.5. The number of carbonyl (C=O) groups excluding carboxylic acids is 1. The lowest BCUT2D eigenvalue weighted by Crippen LogP contribution is -2.40. The van der Waals surface area contributed by atoms with E-state index in [-0.39, 0.29) is 24.1 Å². The highest BCUT2D eigenvalue weighted by Crippen LogP contribution is 2.25. The summed E-state index contributed by atoms with van der Waals surface area (Å²) in [6.07, 6.45) is 4.83. The number of carboxylic acid groups (broad SMARTS) is 1. The van der Waals surface area contributed by atoms with Gasteiger partial charge in [0.05, 0.1) is 12.0 Å². The quantitative estimate of drug-likeness (QED) is 0.723. The molecule has 1 aliphatic heterocycles. The zero-order valence-corrected chi connectivity index (χ0v) is 14.8. The highest BCUT2D eigenvalue weighted by Gasteiger charge is 2.26.